The van der Waals surface area contributed by atoms with Gasteiger partial charge in [0.15, 0.2) is 5.78 Å². The molecule has 0 aromatic rings. The molecule has 2 heteroatoms. The van der Waals surface area contributed by atoms with Crippen molar-refractivity contribution in [2.45, 2.75) is 19.8 Å². The van der Waals surface area contributed by atoms with Crippen LogP contribution in [0.3, 0.4) is 0 Å². The lowest BCUT2D eigenvalue weighted by molar-refractivity contribution is -0.118. The molecule has 0 spiro atoms. The summed E-state index contributed by atoms with van der Waals surface area (Å²) < 4.78 is 0. The van der Waals surface area contributed by atoms with Crippen LogP contribution in [0.2, 0.25) is 0 Å². The molecular weight excluding hydrogens is 126 g/mol. The van der Waals surface area contributed by atoms with Gasteiger partial charge in [0.2, 0.25) is 0 Å². The number of ketones is 1. The molecular formula is C8H9NO. The van der Waals surface area contributed by atoms with Gasteiger partial charge in [-0.05, 0) is 25.3 Å². The SMILES string of the molecule is CC1=CCCC(C#N)C1=O. The van der Waals surface area contributed by atoms with E-state index in [4.69, 9.17) is 5.26 Å². The summed E-state index contributed by atoms with van der Waals surface area (Å²) in [4.78, 5) is 11.1. The summed E-state index contributed by atoms with van der Waals surface area (Å²) in [5.74, 6) is -0.362. The first-order valence-corrected chi connectivity index (χ1v) is 3.36. The van der Waals surface area contributed by atoms with E-state index in [2.05, 4.69) is 0 Å². The quantitative estimate of drug-likeness (QED) is 0.504. The third-order valence-electron chi connectivity index (χ3n) is 1.77. The molecule has 0 bridgehead atoms. The van der Waals surface area contributed by atoms with Crippen molar-refractivity contribution in [3.8, 4) is 6.07 Å². The number of hydrogen-bond donors (Lipinski definition) is 0. The van der Waals surface area contributed by atoms with Crippen LogP contribution >= 0.6 is 0 Å². The summed E-state index contributed by atoms with van der Waals surface area (Å²) in [6, 6.07) is 1.99. The fourth-order valence-corrected chi connectivity index (χ4v) is 1.10. The number of allylic oxidation sites excluding steroid dienone is 2. The Morgan fingerprint density at radius 3 is 3.00 bits per heavy atom. The van der Waals surface area contributed by atoms with Gasteiger partial charge in [-0.2, -0.15) is 5.26 Å². The fourth-order valence-electron chi connectivity index (χ4n) is 1.10. The van der Waals surface area contributed by atoms with Crippen LogP contribution in [-0.2, 0) is 4.79 Å². The smallest absolute Gasteiger partial charge is 0.175 e. The molecule has 10 heavy (non-hydrogen) atoms. The van der Waals surface area contributed by atoms with Gasteiger partial charge in [0.25, 0.3) is 0 Å². The minimum absolute atomic E-state index is 0.00810. The van der Waals surface area contributed by atoms with Crippen LogP contribution < -0.4 is 0 Å². The molecule has 1 rings (SSSR count). The lowest BCUT2D eigenvalue weighted by Gasteiger charge is -2.11. The first-order valence-electron chi connectivity index (χ1n) is 3.36. The molecule has 0 fully saturated rings. The molecule has 0 saturated heterocycles. The summed E-state index contributed by atoms with van der Waals surface area (Å²) in [6.07, 6.45) is 3.47. The minimum atomic E-state index is -0.370. The Hall–Kier alpha value is -1.10. The number of Topliss-reactive ketones (excluding diaryl/α,β-unsaturated/α-hetero) is 1. The van der Waals surface area contributed by atoms with Crippen LogP contribution in [0.25, 0.3) is 0 Å². The normalized spacial score (nSPS) is 25.4. The maximum atomic E-state index is 11.1. The third-order valence-corrected chi connectivity index (χ3v) is 1.77. The molecule has 0 saturated carbocycles. The molecule has 1 aliphatic carbocycles. The maximum absolute atomic E-state index is 11.1. The van der Waals surface area contributed by atoms with Crippen molar-refractivity contribution >= 4 is 5.78 Å². The van der Waals surface area contributed by atoms with Crippen LogP contribution in [0.4, 0.5) is 0 Å². The molecule has 0 amide bonds. The maximum Gasteiger partial charge on any atom is 0.175 e. The molecule has 1 atom stereocenters. The summed E-state index contributed by atoms with van der Waals surface area (Å²) in [7, 11) is 0. The molecule has 1 aliphatic rings. The van der Waals surface area contributed by atoms with Crippen LogP contribution in [0, 0.1) is 17.2 Å². The monoisotopic (exact) mass is 135 g/mol. The summed E-state index contributed by atoms with van der Waals surface area (Å²) in [5, 5.41) is 8.48. The van der Waals surface area contributed by atoms with Gasteiger partial charge in [-0.25, -0.2) is 0 Å². The molecule has 0 N–H and O–H groups in total. The van der Waals surface area contributed by atoms with Gasteiger partial charge in [0.1, 0.15) is 5.92 Å². The number of carbonyl (C=O) groups excluding carboxylic acids is 1. The predicted octanol–water partition coefficient (Wildman–Crippen LogP) is 1.44. The summed E-state index contributed by atoms with van der Waals surface area (Å²) >= 11 is 0. The average molecular weight is 135 g/mol. The predicted molar refractivity (Wildman–Crippen MR) is 37.1 cm³/mol. The van der Waals surface area contributed by atoms with Gasteiger partial charge in [0, 0.05) is 0 Å². The number of rotatable bonds is 0. The van der Waals surface area contributed by atoms with E-state index in [1.807, 2.05) is 12.1 Å². The number of hydrogen-bond acceptors (Lipinski definition) is 2. The molecule has 0 aromatic heterocycles. The van der Waals surface area contributed by atoms with Gasteiger partial charge in [0.05, 0.1) is 6.07 Å². The zero-order valence-electron chi connectivity index (χ0n) is 5.92. The van der Waals surface area contributed by atoms with Crippen molar-refractivity contribution in [1.29, 1.82) is 5.26 Å². The highest BCUT2D eigenvalue weighted by molar-refractivity contribution is 5.98. The Morgan fingerprint density at radius 2 is 2.50 bits per heavy atom. The molecule has 1 unspecified atom stereocenters. The van der Waals surface area contributed by atoms with Crippen molar-refractivity contribution in [3.63, 3.8) is 0 Å². The van der Waals surface area contributed by atoms with Gasteiger partial charge in [-0.1, -0.05) is 6.08 Å². The second-order valence-corrected chi connectivity index (χ2v) is 2.51. The number of nitrogens with zero attached hydrogens (tertiary/aromatic N) is 1. The molecule has 0 radical (unpaired) electrons. The van der Waals surface area contributed by atoms with Crippen LogP contribution in [0.5, 0.6) is 0 Å². The first kappa shape index (κ1) is 7.01. The lowest BCUT2D eigenvalue weighted by atomic mass is 9.89. The zero-order valence-corrected chi connectivity index (χ0v) is 5.92. The molecule has 0 aromatic carbocycles. The van der Waals surface area contributed by atoms with Gasteiger partial charge >= 0.3 is 0 Å². The number of carbonyl (C=O) groups is 1. The van der Waals surface area contributed by atoms with Gasteiger partial charge < -0.3 is 0 Å². The van der Waals surface area contributed by atoms with Crippen molar-refractivity contribution in [2.75, 3.05) is 0 Å². The Bertz CT molecular complexity index is 222. The summed E-state index contributed by atoms with van der Waals surface area (Å²) in [5.41, 5.74) is 0.748. The highest BCUT2D eigenvalue weighted by Gasteiger charge is 2.21. The van der Waals surface area contributed by atoms with E-state index < -0.39 is 0 Å². The van der Waals surface area contributed by atoms with Crippen LogP contribution in [-0.4, -0.2) is 5.78 Å². The van der Waals surface area contributed by atoms with Crippen molar-refractivity contribution in [3.05, 3.63) is 11.6 Å². The Kier molecular flexibility index (Phi) is 1.86. The summed E-state index contributed by atoms with van der Waals surface area (Å²) in [6.45, 7) is 1.77. The standard InChI is InChI=1S/C8H9NO/c1-6-3-2-4-7(5-9)8(6)10/h3,7H,2,4H2,1H3. The minimum Gasteiger partial charge on any atom is -0.293 e. The van der Waals surface area contributed by atoms with E-state index in [1.54, 1.807) is 6.92 Å². The zero-order chi connectivity index (χ0) is 7.56. The van der Waals surface area contributed by atoms with E-state index in [0.29, 0.717) is 6.42 Å². The van der Waals surface area contributed by atoms with E-state index >= 15 is 0 Å². The Morgan fingerprint density at radius 1 is 1.80 bits per heavy atom. The van der Waals surface area contributed by atoms with Crippen molar-refractivity contribution in [1.82, 2.24) is 0 Å². The molecule has 0 aliphatic heterocycles. The van der Waals surface area contributed by atoms with E-state index in [1.165, 1.54) is 0 Å². The molecule has 2 nitrogen and oxygen atoms in total. The van der Waals surface area contributed by atoms with E-state index in [9.17, 15) is 4.79 Å². The van der Waals surface area contributed by atoms with Crippen molar-refractivity contribution in [2.24, 2.45) is 5.92 Å². The third kappa shape index (κ3) is 1.08. The Labute approximate surface area is 60.2 Å². The first-order chi connectivity index (χ1) is 4.75. The van der Waals surface area contributed by atoms with Crippen LogP contribution in [0.15, 0.2) is 11.6 Å². The molecule has 52 valence electrons. The fraction of sp³-hybridized carbons (Fsp3) is 0.500. The van der Waals surface area contributed by atoms with Crippen LogP contribution in [0.1, 0.15) is 19.8 Å². The Balaban J connectivity index is 2.80. The lowest BCUT2D eigenvalue weighted by Crippen LogP contribution is -2.16. The second-order valence-electron chi connectivity index (χ2n) is 2.51. The number of nitriles is 1. The van der Waals surface area contributed by atoms with E-state index in [-0.39, 0.29) is 11.7 Å². The average Bonchev–Trinajstić information content (AvgIpc) is 1.95. The van der Waals surface area contributed by atoms with E-state index in [0.717, 1.165) is 12.0 Å². The highest BCUT2D eigenvalue weighted by Crippen LogP contribution is 2.18. The van der Waals surface area contributed by atoms with Gasteiger partial charge in [-0.15, -0.1) is 0 Å². The van der Waals surface area contributed by atoms with Crippen molar-refractivity contribution < 1.29 is 4.79 Å². The van der Waals surface area contributed by atoms with Gasteiger partial charge in [-0.3, -0.25) is 4.79 Å². The molecule has 0 heterocycles. The highest BCUT2D eigenvalue weighted by atomic mass is 16.1. The largest absolute Gasteiger partial charge is 0.293 e. The second kappa shape index (κ2) is 2.66. The topological polar surface area (TPSA) is 40.9 Å².